The molecule has 2 N–H and O–H groups in total. The van der Waals surface area contributed by atoms with Crippen molar-refractivity contribution in [3.05, 3.63) is 23.8 Å². The van der Waals surface area contributed by atoms with E-state index in [9.17, 15) is 9.59 Å². The van der Waals surface area contributed by atoms with Gasteiger partial charge in [0.25, 0.3) is 5.91 Å². The third kappa shape index (κ3) is 3.41. The van der Waals surface area contributed by atoms with Crippen LogP contribution in [0.25, 0.3) is 0 Å². The topological polar surface area (TPSA) is 84.9 Å². The van der Waals surface area contributed by atoms with Gasteiger partial charge < -0.3 is 19.9 Å². The second-order valence-corrected chi connectivity index (χ2v) is 6.84. The molecule has 1 aromatic rings. The Morgan fingerprint density at radius 3 is 2.83 bits per heavy atom. The van der Waals surface area contributed by atoms with Crippen molar-refractivity contribution in [1.29, 1.82) is 0 Å². The van der Waals surface area contributed by atoms with Gasteiger partial charge in [-0.05, 0) is 32.8 Å². The number of nitrogens with one attached hydrogen (secondary N) is 1. The Bertz CT molecular complexity index is 634. The molecule has 6 heteroatoms. The van der Waals surface area contributed by atoms with E-state index in [0.29, 0.717) is 24.3 Å². The van der Waals surface area contributed by atoms with Crippen LogP contribution in [0.5, 0.6) is 11.5 Å². The summed E-state index contributed by atoms with van der Waals surface area (Å²) in [5.41, 5.74) is 0.818. The second kappa shape index (κ2) is 5.76. The standard InChI is InChI=1S/C17H21NO5/c1-17(2)8-10-4-3-5-13(15(10)23-17)22-9-14(19)18-12-6-11(7-12)16(20)21/h3-5,11-12H,6-9H2,1-2H3,(H,18,19)(H,20,21). The van der Waals surface area contributed by atoms with Crippen LogP contribution < -0.4 is 14.8 Å². The molecule has 0 radical (unpaired) electrons. The van der Waals surface area contributed by atoms with E-state index in [2.05, 4.69) is 5.32 Å². The molecule has 1 aliphatic carbocycles. The Kier molecular flexibility index (Phi) is 3.92. The summed E-state index contributed by atoms with van der Waals surface area (Å²) in [6.45, 7) is 3.92. The summed E-state index contributed by atoms with van der Waals surface area (Å²) >= 11 is 0. The van der Waals surface area contributed by atoms with Crippen LogP contribution in [0.3, 0.4) is 0 Å². The number of hydrogen-bond donors (Lipinski definition) is 2. The lowest BCUT2D eigenvalue weighted by atomic mass is 9.80. The number of amides is 1. The fourth-order valence-electron chi connectivity index (χ4n) is 3.05. The first-order valence-electron chi connectivity index (χ1n) is 7.80. The molecule has 3 rings (SSSR count). The molecular weight excluding hydrogens is 298 g/mol. The zero-order valence-corrected chi connectivity index (χ0v) is 13.3. The molecule has 1 heterocycles. The van der Waals surface area contributed by atoms with Crippen LogP contribution in [0, 0.1) is 5.92 Å². The Hall–Kier alpha value is -2.24. The van der Waals surface area contributed by atoms with Gasteiger partial charge in [0.2, 0.25) is 0 Å². The lowest BCUT2D eigenvalue weighted by Crippen LogP contribution is -2.48. The highest BCUT2D eigenvalue weighted by molar-refractivity contribution is 5.79. The molecule has 2 aliphatic rings. The summed E-state index contributed by atoms with van der Waals surface area (Å²) in [6, 6.07) is 5.61. The molecular formula is C17H21NO5. The molecule has 0 unspecified atom stereocenters. The number of carboxylic acid groups (broad SMARTS) is 1. The van der Waals surface area contributed by atoms with Gasteiger partial charge in [0.15, 0.2) is 18.1 Å². The van der Waals surface area contributed by atoms with Crippen molar-refractivity contribution in [2.24, 2.45) is 5.92 Å². The summed E-state index contributed by atoms with van der Waals surface area (Å²) < 4.78 is 11.5. The van der Waals surface area contributed by atoms with Crippen molar-refractivity contribution < 1.29 is 24.2 Å². The molecule has 1 amide bonds. The minimum Gasteiger partial charge on any atom is -0.483 e. The van der Waals surface area contributed by atoms with E-state index in [1.54, 1.807) is 6.07 Å². The largest absolute Gasteiger partial charge is 0.483 e. The smallest absolute Gasteiger partial charge is 0.306 e. The van der Waals surface area contributed by atoms with Gasteiger partial charge in [0.1, 0.15) is 5.60 Å². The average Bonchev–Trinajstić information content (AvgIpc) is 2.73. The summed E-state index contributed by atoms with van der Waals surface area (Å²) in [5.74, 6) is -0.102. The zero-order chi connectivity index (χ0) is 16.6. The molecule has 1 fully saturated rings. The number of hydrogen-bond acceptors (Lipinski definition) is 4. The number of carbonyl (C=O) groups is 2. The van der Waals surface area contributed by atoms with Gasteiger partial charge in [-0.1, -0.05) is 12.1 Å². The van der Waals surface area contributed by atoms with Crippen molar-refractivity contribution in [3.63, 3.8) is 0 Å². The third-order valence-electron chi connectivity index (χ3n) is 4.27. The molecule has 0 atom stereocenters. The number of carboxylic acids is 1. The number of aliphatic carboxylic acids is 1. The van der Waals surface area contributed by atoms with Crippen LogP contribution in [0.4, 0.5) is 0 Å². The lowest BCUT2D eigenvalue weighted by molar-refractivity contribution is -0.146. The molecule has 0 spiro atoms. The van der Waals surface area contributed by atoms with E-state index in [1.165, 1.54) is 0 Å². The zero-order valence-electron chi connectivity index (χ0n) is 13.3. The second-order valence-electron chi connectivity index (χ2n) is 6.84. The quantitative estimate of drug-likeness (QED) is 0.864. The number of fused-ring (bicyclic) bond motifs is 1. The summed E-state index contributed by atoms with van der Waals surface area (Å²) in [4.78, 5) is 22.6. The first-order chi connectivity index (χ1) is 10.8. The number of para-hydroxylation sites is 1. The highest BCUT2D eigenvalue weighted by atomic mass is 16.5. The van der Waals surface area contributed by atoms with Crippen molar-refractivity contribution in [1.82, 2.24) is 5.32 Å². The molecule has 1 saturated carbocycles. The van der Waals surface area contributed by atoms with Crippen LogP contribution in [0.2, 0.25) is 0 Å². The lowest BCUT2D eigenvalue weighted by Gasteiger charge is -2.32. The van der Waals surface area contributed by atoms with Crippen LogP contribution in [-0.2, 0) is 16.0 Å². The van der Waals surface area contributed by atoms with Crippen molar-refractivity contribution in [3.8, 4) is 11.5 Å². The number of rotatable bonds is 5. The molecule has 23 heavy (non-hydrogen) atoms. The first-order valence-corrected chi connectivity index (χ1v) is 7.80. The van der Waals surface area contributed by atoms with Crippen LogP contribution in [-0.4, -0.2) is 35.2 Å². The average molecular weight is 319 g/mol. The molecule has 0 saturated heterocycles. The highest BCUT2D eigenvalue weighted by Gasteiger charge is 2.35. The maximum Gasteiger partial charge on any atom is 0.306 e. The van der Waals surface area contributed by atoms with E-state index < -0.39 is 5.97 Å². The maximum absolute atomic E-state index is 11.9. The molecule has 1 aromatic carbocycles. The maximum atomic E-state index is 11.9. The van der Waals surface area contributed by atoms with Gasteiger partial charge in [0, 0.05) is 18.0 Å². The minimum atomic E-state index is -0.800. The fourth-order valence-corrected chi connectivity index (χ4v) is 3.05. The molecule has 124 valence electrons. The molecule has 6 nitrogen and oxygen atoms in total. The normalized spacial score (nSPS) is 24.1. The van der Waals surface area contributed by atoms with E-state index in [4.69, 9.17) is 14.6 Å². The third-order valence-corrected chi connectivity index (χ3v) is 4.27. The Balaban J connectivity index is 1.51. The minimum absolute atomic E-state index is 0.0659. The summed E-state index contributed by atoms with van der Waals surface area (Å²) in [5, 5.41) is 11.6. The highest BCUT2D eigenvalue weighted by Crippen LogP contribution is 2.41. The van der Waals surface area contributed by atoms with Crippen molar-refractivity contribution in [2.45, 2.75) is 44.8 Å². The van der Waals surface area contributed by atoms with Gasteiger partial charge in [-0.3, -0.25) is 9.59 Å². The summed E-state index contributed by atoms with van der Waals surface area (Å²) in [7, 11) is 0. The van der Waals surface area contributed by atoms with E-state index in [1.807, 2.05) is 26.0 Å². The summed E-state index contributed by atoms with van der Waals surface area (Å²) in [6.07, 6.45) is 1.78. The predicted octanol–water partition coefficient (Wildman–Crippen LogP) is 1.76. The van der Waals surface area contributed by atoms with Gasteiger partial charge >= 0.3 is 5.97 Å². The monoisotopic (exact) mass is 319 g/mol. The number of carbonyl (C=O) groups excluding carboxylic acids is 1. The van der Waals surface area contributed by atoms with Gasteiger partial charge in [-0.2, -0.15) is 0 Å². The fraction of sp³-hybridized carbons (Fsp3) is 0.529. The van der Waals surface area contributed by atoms with Gasteiger partial charge in [0.05, 0.1) is 5.92 Å². The van der Waals surface area contributed by atoms with Crippen LogP contribution >= 0.6 is 0 Å². The van der Waals surface area contributed by atoms with E-state index in [-0.39, 0.29) is 30.1 Å². The number of benzene rings is 1. The van der Waals surface area contributed by atoms with Crippen molar-refractivity contribution >= 4 is 11.9 Å². The molecule has 0 bridgehead atoms. The van der Waals surface area contributed by atoms with Gasteiger partial charge in [-0.25, -0.2) is 0 Å². The van der Waals surface area contributed by atoms with E-state index >= 15 is 0 Å². The Morgan fingerprint density at radius 2 is 2.13 bits per heavy atom. The molecule has 1 aliphatic heterocycles. The predicted molar refractivity (Wildman–Crippen MR) is 82.6 cm³/mol. The first kappa shape index (κ1) is 15.6. The molecule has 0 aromatic heterocycles. The Labute approximate surface area is 134 Å². The SMILES string of the molecule is CC1(C)Cc2cccc(OCC(=O)NC3CC(C(=O)O)C3)c2O1. The van der Waals surface area contributed by atoms with Gasteiger partial charge in [-0.15, -0.1) is 0 Å². The van der Waals surface area contributed by atoms with Crippen LogP contribution in [0.15, 0.2) is 18.2 Å². The number of ether oxygens (including phenoxy) is 2. The Morgan fingerprint density at radius 1 is 1.39 bits per heavy atom. The van der Waals surface area contributed by atoms with Crippen LogP contribution in [0.1, 0.15) is 32.3 Å². The van der Waals surface area contributed by atoms with E-state index in [0.717, 1.165) is 12.0 Å². The van der Waals surface area contributed by atoms with Crippen molar-refractivity contribution in [2.75, 3.05) is 6.61 Å².